The molecule has 4 rings (SSSR count). The van der Waals surface area contributed by atoms with Gasteiger partial charge in [0.15, 0.2) is 0 Å². The number of rotatable bonds is 11. The Morgan fingerprint density at radius 1 is 0.688 bits per heavy atom. The van der Waals surface area contributed by atoms with E-state index in [4.69, 9.17) is 9.47 Å². The molecule has 2 fully saturated rings. The van der Waals surface area contributed by atoms with Gasteiger partial charge in [-0.05, 0) is 48.2 Å². The Labute approximate surface area is 284 Å². The molecule has 18 heteroatoms. The van der Waals surface area contributed by atoms with Crippen molar-refractivity contribution in [2.24, 2.45) is 0 Å². The smallest absolute Gasteiger partial charge is 0.410 e. The summed E-state index contributed by atoms with van der Waals surface area (Å²) in [6.45, 7) is 0.216. The average molecular weight is 705 g/mol. The molecule has 0 N–H and O–H groups in total. The quantitative estimate of drug-likeness (QED) is 0.187. The number of non-ortho nitro benzene ring substituents is 2. The molecule has 1 unspecified atom stereocenters. The maximum absolute atomic E-state index is 13.1. The first-order valence-electron chi connectivity index (χ1n) is 14.8. The predicted octanol–water partition coefficient (Wildman–Crippen LogP) is 3.92. The summed E-state index contributed by atoms with van der Waals surface area (Å²) in [6.07, 6.45) is -0.619. The van der Waals surface area contributed by atoms with E-state index in [0.717, 1.165) is 0 Å². The van der Waals surface area contributed by atoms with Crippen molar-refractivity contribution in [1.29, 1.82) is 0 Å². The van der Waals surface area contributed by atoms with E-state index in [-0.39, 0.29) is 60.0 Å². The molecule has 2 aromatic carbocycles. The van der Waals surface area contributed by atoms with Crippen molar-refractivity contribution in [3.63, 3.8) is 0 Å². The van der Waals surface area contributed by atoms with Crippen molar-refractivity contribution in [3.8, 4) is 0 Å². The lowest BCUT2D eigenvalue weighted by molar-refractivity contribution is -0.385. The Hall–Kier alpha value is -4.58. The number of nitro groups is 2. The fourth-order valence-corrected chi connectivity index (χ4v) is 8.30. The van der Waals surface area contributed by atoms with Crippen LogP contribution in [0.25, 0.3) is 0 Å². The van der Waals surface area contributed by atoms with Gasteiger partial charge in [-0.3, -0.25) is 39.6 Å². The van der Waals surface area contributed by atoms with Gasteiger partial charge in [0.05, 0.1) is 9.85 Å². The zero-order valence-electron chi connectivity index (χ0n) is 26.8. The second-order valence-electron chi connectivity index (χ2n) is 11.7. The third kappa shape index (κ3) is 9.06. The van der Waals surface area contributed by atoms with E-state index in [2.05, 4.69) is 0 Å². The van der Waals surface area contributed by atoms with E-state index in [1.807, 2.05) is 0 Å². The van der Waals surface area contributed by atoms with Crippen LogP contribution in [0.1, 0.15) is 24.0 Å². The van der Waals surface area contributed by atoms with Gasteiger partial charge in [-0.1, -0.05) is 21.6 Å². The molecule has 2 heterocycles. The van der Waals surface area contributed by atoms with E-state index in [0.29, 0.717) is 24.0 Å². The molecule has 0 bridgehead atoms. The molecule has 0 aromatic heterocycles. The van der Waals surface area contributed by atoms with Crippen molar-refractivity contribution in [2.75, 3.05) is 41.3 Å². The summed E-state index contributed by atoms with van der Waals surface area (Å²) >= 11 is 0. The molecule has 2 aromatic rings. The lowest BCUT2D eigenvalue weighted by Crippen LogP contribution is -2.45. The largest absolute Gasteiger partial charge is 0.445 e. The Balaban J connectivity index is 1.36. The monoisotopic (exact) mass is 704 g/mol. The average Bonchev–Trinajstić information content (AvgIpc) is 3.69. The molecular formula is C30H36N6O10S2. The first kappa shape index (κ1) is 36.3. The Bertz CT molecular complexity index is 1410. The SMILES string of the molecule is CN(C)C(=O)[C@@H]1CC(SS[C@H]2C[C@@H](C(=O)N(C)C)N(C(=O)OCc3ccc([N+](=O)[O-])cc3)C2)CN1C(=O)OCc1ccc([N+](=O)[O-])cc1. The summed E-state index contributed by atoms with van der Waals surface area (Å²) in [4.78, 5) is 78.7. The van der Waals surface area contributed by atoms with Gasteiger partial charge in [0.25, 0.3) is 11.4 Å². The van der Waals surface area contributed by atoms with Crippen molar-refractivity contribution in [2.45, 2.75) is 48.6 Å². The number of carbonyl (C=O) groups is 4. The predicted molar refractivity (Wildman–Crippen MR) is 177 cm³/mol. The van der Waals surface area contributed by atoms with Crippen LogP contribution in [-0.4, -0.2) is 117 Å². The number of ether oxygens (including phenoxy) is 2. The summed E-state index contributed by atoms with van der Waals surface area (Å²) in [6, 6.07) is 9.77. The number of likely N-dealkylation sites (tertiary alicyclic amines) is 2. The van der Waals surface area contributed by atoms with Gasteiger partial charge in [-0.25, -0.2) is 9.59 Å². The van der Waals surface area contributed by atoms with Crippen LogP contribution in [0.2, 0.25) is 0 Å². The third-order valence-corrected chi connectivity index (χ3v) is 11.1. The van der Waals surface area contributed by atoms with E-state index >= 15 is 0 Å². The molecule has 258 valence electrons. The number of nitro benzene ring substituents is 2. The molecule has 2 saturated heterocycles. The maximum atomic E-state index is 13.1. The fraction of sp³-hybridized carbons (Fsp3) is 0.467. The minimum Gasteiger partial charge on any atom is -0.445 e. The summed E-state index contributed by atoms with van der Waals surface area (Å²) in [7, 11) is 9.37. The molecule has 16 nitrogen and oxygen atoms in total. The molecule has 4 amide bonds. The molecule has 2 aliphatic rings. The molecule has 2 aliphatic heterocycles. The number of carbonyl (C=O) groups excluding carboxylic acids is 4. The first-order valence-corrected chi connectivity index (χ1v) is 17.1. The highest BCUT2D eigenvalue weighted by atomic mass is 33.1. The van der Waals surface area contributed by atoms with Crippen LogP contribution in [0.5, 0.6) is 0 Å². The van der Waals surface area contributed by atoms with E-state index in [1.165, 1.54) is 89.7 Å². The van der Waals surface area contributed by atoms with Gasteiger partial charge in [0.2, 0.25) is 11.8 Å². The molecule has 0 aliphatic carbocycles. The topological polar surface area (TPSA) is 186 Å². The van der Waals surface area contributed by atoms with Crippen LogP contribution < -0.4 is 0 Å². The van der Waals surface area contributed by atoms with E-state index in [1.54, 1.807) is 28.2 Å². The van der Waals surface area contributed by atoms with Crippen LogP contribution in [0.15, 0.2) is 48.5 Å². The van der Waals surface area contributed by atoms with E-state index < -0.39 is 34.1 Å². The Morgan fingerprint density at radius 3 is 1.31 bits per heavy atom. The number of hydrogen-bond donors (Lipinski definition) is 0. The van der Waals surface area contributed by atoms with Crippen molar-refractivity contribution >= 4 is 57.0 Å². The van der Waals surface area contributed by atoms with Crippen LogP contribution >= 0.6 is 21.6 Å². The number of amides is 4. The number of likely N-dealkylation sites (N-methyl/N-ethyl adjacent to an activating group) is 2. The molecule has 48 heavy (non-hydrogen) atoms. The second kappa shape index (κ2) is 16.0. The van der Waals surface area contributed by atoms with Crippen LogP contribution in [-0.2, 0) is 32.3 Å². The van der Waals surface area contributed by atoms with Crippen LogP contribution in [0, 0.1) is 20.2 Å². The summed E-state index contributed by atoms with van der Waals surface area (Å²) in [5.41, 5.74) is 0.953. The van der Waals surface area contributed by atoms with Crippen molar-refractivity contribution in [1.82, 2.24) is 19.6 Å². The molecule has 0 radical (unpaired) electrons. The van der Waals surface area contributed by atoms with E-state index in [9.17, 15) is 39.4 Å². The van der Waals surface area contributed by atoms with Gasteiger partial charge in [-0.2, -0.15) is 0 Å². The standard InChI is InChI=1S/C30H36N6O10S2/c1-31(2)27(37)25-13-23(15-33(25)29(39)45-17-19-5-9-21(10-6-19)35(41)42)47-48-24-14-26(28(38)32(3)4)34(16-24)30(40)46-18-20-7-11-22(12-8-20)36(43)44/h5-12,23-26H,13-18H2,1-4H3/t23-,24?,25-,26-/m0/s1. The van der Waals surface area contributed by atoms with Gasteiger partial charge in [0.1, 0.15) is 25.3 Å². The number of nitrogens with zero attached hydrogens (tertiary/aromatic N) is 6. The minimum absolute atomic E-state index is 0.0828. The molecule has 4 atom stereocenters. The van der Waals surface area contributed by atoms with Gasteiger partial charge in [-0.15, -0.1) is 0 Å². The zero-order valence-corrected chi connectivity index (χ0v) is 28.4. The molecule has 0 spiro atoms. The maximum Gasteiger partial charge on any atom is 0.410 e. The third-order valence-electron chi connectivity index (χ3n) is 7.79. The normalized spacial score (nSPS) is 20.2. The first-order chi connectivity index (χ1) is 22.7. The second-order valence-corrected chi connectivity index (χ2v) is 14.5. The van der Waals surface area contributed by atoms with Crippen molar-refractivity contribution in [3.05, 3.63) is 79.9 Å². The summed E-state index contributed by atoms with van der Waals surface area (Å²) < 4.78 is 10.9. The summed E-state index contributed by atoms with van der Waals surface area (Å²) in [5, 5.41) is 21.5. The highest BCUT2D eigenvalue weighted by Crippen LogP contribution is 2.42. The van der Waals surface area contributed by atoms with Crippen LogP contribution in [0.3, 0.4) is 0 Å². The van der Waals surface area contributed by atoms with Crippen molar-refractivity contribution < 1.29 is 38.5 Å². The number of hydrogen-bond acceptors (Lipinski definition) is 12. The lowest BCUT2D eigenvalue weighted by Gasteiger charge is -2.25. The zero-order chi connectivity index (χ0) is 35.1. The number of benzene rings is 2. The Kier molecular flexibility index (Phi) is 12.1. The van der Waals surface area contributed by atoms with Gasteiger partial charge in [0, 0.05) is 76.0 Å². The minimum atomic E-state index is -0.750. The Morgan fingerprint density at radius 2 is 1.02 bits per heavy atom. The lowest BCUT2D eigenvalue weighted by atomic mass is 10.2. The highest BCUT2D eigenvalue weighted by molar-refractivity contribution is 8.77. The summed E-state index contributed by atoms with van der Waals surface area (Å²) in [5.74, 6) is -0.510. The fourth-order valence-electron chi connectivity index (χ4n) is 5.24. The highest BCUT2D eigenvalue weighted by Gasteiger charge is 2.44. The van der Waals surface area contributed by atoms with Crippen LogP contribution in [0.4, 0.5) is 21.0 Å². The molecule has 0 saturated carbocycles. The molecular weight excluding hydrogens is 668 g/mol. The van der Waals surface area contributed by atoms with Gasteiger partial charge < -0.3 is 19.3 Å². The van der Waals surface area contributed by atoms with Gasteiger partial charge >= 0.3 is 12.2 Å².